The Morgan fingerprint density at radius 1 is 1.39 bits per heavy atom. The van der Waals surface area contributed by atoms with Crippen LogP contribution < -0.4 is 10.1 Å². The van der Waals surface area contributed by atoms with Gasteiger partial charge in [-0.2, -0.15) is 0 Å². The molecule has 1 saturated heterocycles. The molecule has 0 amide bonds. The number of halogens is 1. The van der Waals surface area contributed by atoms with Gasteiger partial charge in [-0.25, -0.2) is 4.39 Å². The number of nitrogens with one attached hydrogen (secondary N) is 1. The molecule has 100 valence electrons. The summed E-state index contributed by atoms with van der Waals surface area (Å²) in [6.07, 6.45) is 0. The van der Waals surface area contributed by atoms with Gasteiger partial charge < -0.3 is 14.8 Å². The van der Waals surface area contributed by atoms with Gasteiger partial charge in [-0.3, -0.25) is 4.90 Å². The lowest BCUT2D eigenvalue weighted by molar-refractivity contribution is 0.0398. The quantitative estimate of drug-likeness (QED) is 0.865. The maximum atomic E-state index is 13.6. The molecule has 1 aliphatic rings. The molecule has 1 N–H and O–H groups in total. The second-order valence-corrected chi connectivity index (χ2v) is 4.23. The van der Waals surface area contributed by atoms with E-state index < -0.39 is 0 Å². The Hall–Kier alpha value is -1.33. The van der Waals surface area contributed by atoms with Gasteiger partial charge in [-0.05, 0) is 12.1 Å². The van der Waals surface area contributed by atoms with E-state index in [0.717, 1.165) is 39.4 Å². The topological polar surface area (TPSA) is 33.7 Å². The SMILES string of the molecule is COc1ccc(NCCN2CCOCC2)c(F)c1. The van der Waals surface area contributed by atoms with Crippen molar-refractivity contribution in [2.24, 2.45) is 0 Å². The monoisotopic (exact) mass is 254 g/mol. The minimum absolute atomic E-state index is 0.281. The third kappa shape index (κ3) is 3.58. The first-order valence-corrected chi connectivity index (χ1v) is 6.17. The molecule has 18 heavy (non-hydrogen) atoms. The van der Waals surface area contributed by atoms with Crippen molar-refractivity contribution in [1.82, 2.24) is 4.90 Å². The summed E-state index contributed by atoms with van der Waals surface area (Å²) in [6, 6.07) is 4.84. The first-order valence-electron chi connectivity index (χ1n) is 6.17. The third-order valence-electron chi connectivity index (χ3n) is 3.02. The summed E-state index contributed by atoms with van der Waals surface area (Å²) in [4.78, 5) is 2.30. The highest BCUT2D eigenvalue weighted by Gasteiger charge is 2.10. The van der Waals surface area contributed by atoms with Crippen molar-refractivity contribution in [3.63, 3.8) is 0 Å². The fourth-order valence-electron chi connectivity index (χ4n) is 1.94. The Morgan fingerprint density at radius 3 is 2.83 bits per heavy atom. The maximum absolute atomic E-state index is 13.6. The van der Waals surface area contributed by atoms with E-state index in [-0.39, 0.29) is 5.82 Å². The third-order valence-corrected chi connectivity index (χ3v) is 3.02. The smallest absolute Gasteiger partial charge is 0.149 e. The van der Waals surface area contributed by atoms with Crippen molar-refractivity contribution in [3.8, 4) is 5.75 Å². The van der Waals surface area contributed by atoms with Gasteiger partial charge >= 0.3 is 0 Å². The lowest BCUT2D eigenvalue weighted by Crippen LogP contribution is -2.39. The van der Waals surface area contributed by atoms with Crippen LogP contribution in [0.5, 0.6) is 5.75 Å². The molecule has 0 spiro atoms. The molecule has 0 atom stereocenters. The second-order valence-electron chi connectivity index (χ2n) is 4.23. The second kappa shape index (κ2) is 6.56. The molecule has 1 fully saturated rings. The number of benzene rings is 1. The number of anilines is 1. The molecule has 1 heterocycles. The van der Waals surface area contributed by atoms with E-state index in [0.29, 0.717) is 11.4 Å². The Kier molecular flexibility index (Phi) is 4.78. The summed E-state index contributed by atoms with van der Waals surface area (Å²) in [7, 11) is 1.53. The van der Waals surface area contributed by atoms with E-state index >= 15 is 0 Å². The number of nitrogens with zero attached hydrogens (tertiary/aromatic N) is 1. The molecule has 2 rings (SSSR count). The van der Waals surface area contributed by atoms with Crippen molar-refractivity contribution in [2.75, 3.05) is 51.8 Å². The van der Waals surface area contributed by atoms with Crippen LogP contribution in [0.25, 0.3) is 0 Å². The first-order chi connectivity index (χ1) is 8.79. The van der Waals surface area contributed by atoms with Crippen molar-refractivity contribution in [2.45, 2.75) is 0 Å². The summed E-state index contributed by atoms with van der Waals surface area (Å²) in [5.41, 5.74) is 0.518. The molecule has 4 nitrogen and oxygen atoms in total. The van der Waals surface area contributed by atoms with Crippen molar-refractivity contribution in [1.29, 1.82) is 0 Å². The molecular weight excluding hydrogens is 235 g/mol. The number of hydrogen-bond donors (Lipinski definition) is 1. The fraction of sp³-hybridized carbons (Fsp3) is 0.538. The van der Waals surface area contributed by atoms with Crippen LogP contribution in [0.4, 0.5) is 10.1 Å². The first kappa shape index (κ1) is 13.1. The molecule has 1 aromatic rings. The van der Waals surface area contributed by atoms with Gasteiger partial charge in [0.05, 0.1) is 26.0 Å². The van der Waals surface area contributed by atoms with Crippen LogP contribution >= 0.6 is 0 Å². The molecule has 0 saturated carbocycles. The van der Waals surface area contributed by atoms with E-state index in [9.17, 15) is 4.39 Å². The van der Waals surface area contributed by atoms with Crippen molar-refractivity contribution in [3.05, 3.63) is 24.0 Å². The molecule has 0 radical (unpaired) electrons. The Bertz CT molecular complexity index is 381. The zero-order valence-corrected chi connectivity index (χ0v) is 10.6. The highest BCUT2D eigenvalue weighted by atomic mass is 19.1. The molecule has 0 bridgehead atoms. The summed E-state index contributed by atoms with van der Waals surface area (Å²) in [5.74, 6) is 0.252. The molecule has 1 aliphatic heterocycles. The predicted molar refractivity (Wildman–Crippen MR) is 68.7 cm³/mol. The normalized spacial score (nSPS) is 16.6. The van der Waals surface area contributed by atoms with Gasteiger partial charge in [0.15, 0.2) is 0 Å². The van der Waals surface area contributed by atoms with Gasteiger partial charge in [0.25, 0.3) is 0 Å². The van der Waals surface area contributed by atoms with Crippen molar-refractivity contribution >= 4 is 5.69 Å². The number of hydrogen-bond acceptors (Lipinski definition) is 4. The number of methoxy groups -OCH3 is 1. The van der Waals surface area contributed by atoms with Crippen LogP contribution in [0.1, 0.15) is 0 Å². The number of rotatable bonds is 5. The predicted octanol–water partition coefficient (Wildman–Crippen LogP) is 1.58. The van der Waals surface area contributed by atoms with E-state index in [4.69, 9.17) is 9.47 Å². The average molecular weight is 254 g/mol. The van der Waals surface area contributed by atoms with Crippen molar-refractivity contribution < 1.29 is 13.9 Å². The Labute approximate surface area is 107 Å². The molecule has 0 aliphatic carbocycles. The minimum atomic E-state index is -0.281. The van der Waals surface area contributed by atoms with Crippen LogP contribution in [0, 0.1) is 5.82 Å². The fourth-order valence-corrected chi connectivity index (χ4v) is 1.94. The average Bonchev–Trinajstić information content (AvgIpc) is 2.42. The minimum Gasteiger partial charge on any atom is -0.497 e. The highest BCUT2D eigenvalue weighted by Crippen LogP contribution is 2.19. The zero-order chi connectivity index (χ0) is 12.8. The van der Waals surface area contributed by atoms with Crippen LogP contribution in [0.2, 0.25) is 0 Å². The molecule has 0 unspecified atom stereocenters. The maximum Gasteiger partial charge on any atom is 0.149 e. The molecule has 0 aromatic heterocycles. The summed E-state index contributed by atoms with van der Waals surface area (Å²) < 4.78 is 23.9. The van der Waals surface area contributed by atoms with E-state index in [1.54, 1.807) is 12.1 Å². The molecule has 5 heteroatoms. The highest BCUT2D eigenvalue weighted by molar-refractivity contribution is 5.47. The van der Waals surface area contributed by atoms with Gasteiger partial charge in [0.2, 0.25) is 0 Å². The van der Waals surface area contributed by atoms with Gasteiger partial charge in [-0.1, -0.05) is 0 Å². The van der Waals surface area contributed by atoms with Crippen LogP contribution in [-0.2, 0) is 4.74 Å². The lowest BCUT2D eigenvalue weighted by Gasteiger charge is -2.26. The van der Waals surface area contributed by atoms with E-state index in [1.807, 2.05) is 0 Å². The van der Waals surface area contributed by atoms with E-state index in [1.165, 1.54) is 13.2 Å². The number of ether oxygens (including phenoxy) is 2. The lowest BCUT2D eigenvalue weighted by atomic mass is 10.3. The van der Waals surface area contributed by atoms with Crippen LogP contribution in [-0.4, -0.2) is 51.4 Å². The zero-order valence-electron chi connectivity index (χ0n) is 10.6. The largest absolute Gasteiger partial charge is 0.497 e. The van der Waals surface area contributed by atoms with Gasteiger partial charge in [0.1, 0.15) is 11.6 Å². The summed E-state index contributed by atoms with van der Waals surface area (Å²) in [6.45, 7) is 5.10. The summed E-state index contributed by atoms with van der Waals surface area (Å²) in [5, 5.41) is 3.10. The summed E-state index contributed by atoms with van der Waals surface area (Å²) >= 11 is 0. The van der Waals surface area contributed by atoms with Crippen LogP contribution in [0.3, 0.4) is 0 Å². The van der Waals surface area contributed by atoms with Gasteiger partial charge in [-0.15, -0.1) is 0 Å². The van der Waals surface area contributed by atoms with Gasteiger partial charge in [0, 0.05) is 32.2 Å². The molecular formula is C13H19FN2O2. The van der Waals surface area contributed by atoms with Crippen LogP contribution in [0.15, 0.2) is 18.2 Å². The molecule has 1 aromatic carbocycles. The Morgan fingerprint density at radius 2 is 2.17 bits per heavy atom. The standard InChI is InChI=1S/C13H19FN2O2/c1-17-11-2-3-13(12(14)10-11)15-4-5-16-6-8-18-9-7-16/h2-3,10,15H,4-9H2,1H3. The number of morpholine rings is 1. The van der Waals surface area contributed by atoms with E-state index in [2.05, 4.69) is 10.2 Å². The Balaban J connectivity index is 1.79.